The third kappa shape index (κ3) is 4.61. The zero-order chi connectivity index (χ0) is 23.6. The molecule has 1 fully saturated rings. The Morgan fingerprint density at radius 3 is 2.56 bits per heavy atom. The second kappa shape index (κ2) is 9.50. The summed E-state index contributed by atoms with van der Waals surface area (Å²) < 4.78 is 31.4. The van der Waals surface area contributed by atoms with Crippen molar-refractivity contribution in [3.05, 3.63) is 44.8 Å². The number of aromatic nitrogens is 2. The molecule has 32 heavy (non-hydrogen) atoms. The molecule has 0 amide bonds. The van der Waals surface area contributed by atoms with E-state index in [1.165, 1.54) is 23.0 Å². The largest absolute Gasteiger partial charge is 0.466 e. The van der Waals surface area contributed by atoms with Crippen molar-refractivity contribution in [1.82, 2.24) is 9.78 Å². The van der Waals surface area contributed by atoms with Crippen LogP contribution >= 0.6 is 11.6 Å². The number of carbonyl (C=O) groups is 2. The highest BCUT2D eigenvalue weighted by Crippen LogP contribution is 2.38. The normalized spacial score (nSPS) is 16.8. The fourth-order valence-corrected chi connectivity index (χ4v) is 5.22. The van der Waals surface area contributed by atoms with Gasteiger partial charge in [0.05, 0.1) is 28.1 Å². The third-order valence-corrected chi connectivity index (χ3v) is 6.99. The number of nitrogens with one attached hydrogen (secondary N) is 1. The smallest absolute Gasteiger partial charge is 0.310 e. The molecule has 11 heteroatoms. The molecule has 2 aromatic rings. The predicted molar refractivity (Wildman–Crippen MR) is 120 cm³/mol. The van der Waals surface area contributed by atoms with Crippen molar-refractivity contribution in [2.45, 2.75) is 38.1 Å². The standard InChI is InChI=1S/C21H26ClN3O6S/c1-4-25-20(27)15(11-23-25)19(26)14-8-9-16(32(3,29)30)18(17(14)22)24-10-6-7-13(12-24)21(28)31-5-2/h8-9,11,13,23H,4-7,10,12H2,1-3H3. The summed E-state index contributed by atoms with van der Waals surface area (Å²) in [5, 5.41) is 2.66. The molecule has 1 saturated heterocycles. The van der Waals surface area contributed by atoms with Crippen LogP contribution in [0.2, 0.25) is 5.02 Å². The fraction of sp³-hybridized carbons (Fsp3) is 0.476. The highest BCUT2D eigenvalue weighted by atomic mass is 35.5. The van der Waals surface area contributed by atoms with Crippen molar-refractivity contribution in [2.24, 2.45) is 5.92 Å². The van der Waals surface area contributed by atoms with Gasteiger partial charge in [-0.25, -0.2) is 8.42 Å². The summed E-state index contributed by atoms with van der Waals surface area (Å²) in [5.74, 6) is -1.40. The van der Waals surface area contributed by atoms with E-state index in [0.29, 0.717) is 25.9 Å². The maximum atomic E-state index is 13.1. The van der Waals surface area contributed by atoms with Crippen molar-refractivity contribution in [3.63, 3.8) is 0 Å². The van der Waals surface area contributed by atoms with E-state index in [0.717, 1.165) is 6.26 Å². The summed E-state index contributed by atoms with van der Waals surface area (Å²) in [7, 11) is -3.69. The molecule has 2 heterocycles. The molecule has 1 unspecified atom stereocenters. The van der Waals surface area contributed by atoms with Gasteiger partial charge in [-0.3, -0.25) is 19.1 Å². The van der Waals surface area contributed by atoms with E-state index in [9.17, 15) is 22.8 Å². The molecular weight excluding hydrogens is 458 g/mol. The van der Waals surface area contributed by atoms with Gasteiger partial charge in [0.2, 0.25) is 5.78 Å². The lowest BCUT2D eigenvalue weighted by Crippen LogP contribution is -2.40. The first-order valence-corrected chi connectivity index (χ1v) is 12.6. The highest BCUT2D eigenvalue weighted by Gasteiger charge is 2.32. The molecule has 1 atom stereocenters. The number of benzene rings is 1. The lowest BCUT2D eigenvalue weighted by Gasteiger charge is -2.35. The van der Waals surface area contributed by atoms with Crippen LogP contribution in [0.1, 0.15) is 42.6 Å². The Labute approximate surface area is 191 Å². The van der Waals surface area contributed by atoms with E-state index in [-0.39, 0.29) is 45.9 Å². The highest BCUT2D eigenvalue weighted by molar-refractivity contribution is 7.90. The number of hydrogen-bond acceptors (Lipinski definition) is 7. The molecule has 9 nitrogen and oxygen atoms in total. The number of hydrogen-bond donors (Lipinski definition) is 1. The molecule has 174 valence electrons. The first kappa shape index (κ1) is 24.1. The molecule has 0 aliphatic carbocycles. The van der Waals surface area contributed by atoms with Gasteiger partial charge in [0.25, 0.3) is 5.56 Å². The first-order valence-electron chi connectivity index (χ1n) is 10.4. The summed E-state index contributed by atoms with van der Waals surface area (Å²) in [6.07, 6.45) is 3.61. The van der Waals surface area contributed by atoms with Crippen LogP contribution in [0.4, 0.5) is 5.69 Å². The van der Waals surface area contributed by atoms with Gasteiger partial charge in [0, 0.05) is 37.7 Å². The summed E-state index contributed by atoms with van der Waals surface area (Å²) >= 11 is 6.62. The zero-order valence-electron chi connectivity index (χ0n) is 18.2. The molecule has 0 radical (unpaired) electrons. The molecule has 1 aromatic carbocycles. The summed E-state index contributed by atoms with van der Waals surface area (Å²) in [6, 6.07) is 2.64. The topological polar surface area (TPSA) is 119 Å². The molecule has 1 aliphatic rings. The average Bonchev–Trinajstić information content (AvgIpc) is 3.13. The van der Waals surface area contributed by atoms with Crippen LogP contribution in [0.25, 0.3) is 0 Å². The summed E-state index contributed by atoms with van der Waals surface area (Å²) in [6.45, 7) is 4.77. The van der Waals surface area contributed by atoms with Crippen molar-refractivity contribution < 1.29 is 22.7 Å². The molecule has 1 aromatic heterocycles. The van der Waals surface area contributed by atoms with E-state index < -0.39 is 27.1 Å². The van der Waals surface area contributed by atoms with Crippen molar-refractivity contribution in [3.8, 4) is 0 Å². The molecule has 1 N–H and O–H groups in total. The van der Waals surface area contributed by atoms with Gasteiger partial charge in [0.1, 0.15) is 5.56 Å². The number of H-pyrrole nitrogens is 1. The minimum absolute atomic E-state index is 0.0201. The van der Waals surface area contributed by atoms with Gasteiger partial charge in [-0.1, -0.05) is 11.6 Å². The Kier molecular flexibility index (Phi) is 7.14. The quantitative estimate of drug-likeness (QED) is 0.474. The maximum Gasteiger partial charge on any atom is 0.310 e. The van der Waals surface area contributed by atoms with Crippen LogP contribution in [-0.2, 0) is 25.9 Å². The van der Waals surface area contributed by atoms with Gasteiger partial charge in [-0.15, -0.1) is 0 Å². The SMILES string of the molecule is CCOC(=O)C1CCCN(c2c(S(C)(=O)=O)ccc(C(=O)c3c[nH]n(CC)c3=O)c2Cl)C1. The molecular formula is C21H26ClN3O6S. The van der Waals surface area contributed by atoms with Gasteiger partial charge in [-0.05, 0) is 38.8 Å². The van der Waals surface area contributed by atoms with Gasteiger partial charge >= 0.3 is 5.97 Å². The van der Waals surface area contributed by atoms with Gasteiger partial charge < -0.3 is 14.7 Å². The van der Waals surface area contributed by atoms with Crippen LogP contribution in [-0.4, -0.2) is 55.9 Å². The second-order valence-electron chi connectivity index (χ2n) is 7.65. The Morgan fingerprint density at radius 2 is 1.97 bits per heavy atom. The minimum Gasteiger partial charge on any atom is -0.466 e. The predicted octanol–water partition coefficient (Wildman–Crippen LogP) is 2.26. The third-order valence-electron chi connectivity index (χ3n) is 5.48. The number of piperidine rings is 1. The van der Waals surface area contributed by atoms with Crippen LogP contribution in [0, 0.1) is 5.92 Å². The lowest BCUT2D eigenvalue weighted by molar-refractivity contribution is -0.148. The van der Waals surface area contributed by atoms with E-state index in [1.54, 1.807) is 18.7 Å². The number of ether oxygens (including phenoxy) is 1. The average molecular weight is 484 g/mol. The number of sulfone groups is 1. The first-order chi connectivity index (χ1) is 15.1. The van der Waals surface area contributed by atoms with Crippen LogP contribution < -0.4 is 10.5 Å². The zero-order valence-corrected chi connectivity index (χ0v) is 19.8. The Morgan fingerprint density at radius 1 is 1.25 bits per heavy atom. The molecule has 1 aliphatic heterocycles. The molecule has 0 bridgehead atoms. The van der Waals surface area contributed by atoms with Gasteiger partial charge in [-0.2, -0.15) is 0 Å². The van der Waals surface area contributed by atoms with Crippen molar-refractivity contribution in [2.75, 3.05) is 30.9 Å². The lowest BCUT2D eigenvalue weighted by atomic mass is 9.97. The number of aromatic amines is 1. The number of halogens is 1. The Hall–Kier alpha value is -2.59. The number of carbonyl (C=O) groups excluding carboxylic acids is 2. The van der Waals surface area contributed by atoms with E-state index in [1.807, 2.05) is 0 Å². The minimum atomic E-state index is -3.69. The summed E-state index contributed by atoms with van der Waals surface area (Å²) in [5.41, 5.74) is -0.385. The van der Waals surface area contributed by atoms with Crippen molar-refractivity contribution >= 4 is 38.9 Å². The Balaban J connectivity index is 2.10. The van der Waals surface area contributed by atoms with E-state index in [4.69, 9.17) is 16.3 Å². The second-order valence-corrected chi connectivity index (χ2v) is 10.0. The van der Waals surface area contributed by atoms with Crippen LogP contribution in [0.3, 0.4) is 0 Å². The van der Waals surface area contributed by atoms with Crippen LogP contribution in [0.15, 0.2) is 28.0 Å². The number of aryl methyl sites for hydroxylation is 1. The summed E-state index contributed by atoms with van der Waals surface area (Å²) in [4.78, 5) is 39.5. The number of nitrogens with zero attached hydrogens (tertiary/aromatic N) is 2. The number of esters is 1. The molecule has 0 saturated carbocycles. The number of anilines is 1. The monoisotopic (exact) mass is 483 g/mol. The van der Waals surface area contributed by atoms with Crippen LogP contribution in [0.5, 0.6) is 0 Å². The number of rotatable bonds is 7. The van der Waals surface area contributed by atoms with E-state index >= 15 is 0 Å². The number of ketones is 1. The van der Waals surface area contributed by atoms with Gasteiger partial charge in [0.15, 0.2) is 9.84 Å². The van der Waals surface area contributed by atoms with E-state index in [2.05, 4.69) is 5.10 Å². The fourth-order valence-electron chi connectivity index (χ4n) is 3.90. The van der Waals surface area contributed by atoms with Crippen molar-refractivity contribution in [1.29, 1.82) is 0 Å². The molecule has 3 rings (SSSR count). The molecule has 0 spiro atoms. The Bertz CT molecular complexity index is 1200. The maximum absolute atomic E-state index is 13.1.